The first kappa shape index (κ1) is 20.1. The number of ether oxygens (including phenoxy) is 1. The molecule has 0 atom stereocenters. The van der Waals surface area contributed by atoms with E-state index in [9.17, 15) is 9.59 Å². The zero-order valence-corrected chi connectivity index (χ0v) is 18.0. The Hall–Kier alpha value is -3.19. The molecule has 7 heteroatoms. The van der Waals surface area contributed by atoms with Gasteiger partial charge in [0.2, 0.25) is 0 Å². The van der Waals surface area contributed by atoms with Crippen molar-refractivity contribution in [3.8, 4) is 5.75 Å². The molecule has 0 saturated carbocycles. The fourth-order valence-electron chi connectivity index (χ4n) is 3.32. The molecule has 0 aliphatic heterocycles. The molecule has 0 spiro atoms. The van der Waals surface area contributed by atoms with Gasteiger partial charge in [0.1, 0.15) is 11.6 Å². The van der Waals surface area contributed by atoms with Gasteiger partial charge in [0.05, 0.1) is 21.9 Å². The standard InChI is InChI=1S/C23H20BrN3O3/c1-2-27(13-20-25-18-10-6-5-9-17(18)23(29)26-20)21(28)14-30-19-12-11-15-7-3-4-8-16(15)22(19)24/h3-12H,2,13-14H2,1H3,(H,25,26,29). The molecular weight excluding hydrogens is 446 g/mol. The van der Waals surface area contributed by atoms with Crippen LogP contribution in [0.5, 0.6) is 5.75 Å². The van der Waals surface area contributed by atoms with Crippen molar-refractivity contribution in [1.82, 2.24) is 14.9 Å². The minimum absolute atomic E-state index is 0.109. The lowest BCUT2D eigenvalue weighted by Crippen LogP contribution is -2.35. The number of benzene rings is 3. The molecule has 4 rings (SSSR count). The zero-order valence-electron chi connectivity index (χ0n) is 16.4. The van der Waals surface area contributed by atoms with Gasteiger partial charge in [0.25, 0.3) is 11.5 Å². The van der Waals surface area contributed by atoms with Crippen molar-refractivity contribution < 1.29 is 9.53 Å². The summed E-state index contributed by atoms with van der Waals surface area (Å²) >= 11 is 3.57. The predicted octanol–water partition coefficient (Wildman–Crippen LogP) is 4.27. The highest BCUT2D eigenvalue weighted by Gasteiger charge is 2.16. The number of carbonyl (C=O) groups is 1. The summed E-state index contributed by atoms with van der Waals surface area (Å²) in [4.78, 5) is 33.8. The third kappa shape index (κ3) is 4.07. The van der Waals surface area contributed by atoms with Crippen molar-refractivity contribution in [2.45, 2.75) is 13.5 Å². The first-order valence-corrected chi connectivity index (χ1v) is 10.4. The van der Waals surface area contributed by atoms with Gasteiger partial charge in [-0.2, -0.15) is 0 Å². The number of para-hydroxylation sites is 1. The fourth-order valence-corrected chi connectivity index (χ4v) is 3.93. The van der Waals surface area contributed by atoms with E-state index >= 15 is 0 Å². The van der Waals surface area contributed by atoms with E-state index in [4.69, 9.17) is 4.74 Å². The number of aromatic amines is 1. The van der Waals surface area contributed by atoms with Crippen LogP contribution in [-0.2, 0) is 11.3 Å². The summed E-state index contributed by atoms with van der Waals surface area (Å²) in [5.41, 5.74) is 0.395. The van der Waals surface area contributed by atoms with Gasteiger partial charge >= 0.3 is 0 Å². The molecule has 152 valence electrons. The third-order valence-electron chi connectivity index (χ3n) is 4.92. The molecule has 0 fully saturated rings. The number of rotatable bonds is 6. The van der Waals surface area contributed by atoms with Gasteiger partial charge < -0.3 is 14.6 Å². The molecule has 0 bridgehead atoms. The van der Waals surface area contributed by atoms with E-state index in [1.165, 1.54) is 0 Å². The van der Waals surface area contributed by atoms with E-state index in [1.807, 2.05) is 49.4 Å². The highest BCUT2D eigenvalue weighted by Crippen LogP contribution is 2.33. The molecule has 4 aromatic rings. The predicted molar refractivity (Wildman–Crippen MR) is 121 cm³/mol. The van der Waals surface area contributed by atoms with Crippen LogP contribution in [0.4, 0.5) is 0 Å². The van der Waals surface area contributed by atoms with Crippen LogP contribution in [0, 0.1) is 0 Å². The molecule has 1 aromatic heterocycles. The highest BCUT2D eigenvalue weighted by molar-refractivity contribution is 9.10. The number of hydrogen-bond acceptors (Lipinski definition) is 4. The van der Waals surface area contributed by atoms with Crippen LogP contribution in [0.25, 0.3) is 21.7 Å². The summed E-state index contributed by atoms with van der Waals surface area (Å²) in [7, 11) is 0. The van der Waals surface area contributed by atoms with E-state index in [0.717, 1.165) is 15.2 Å². The summed E-state index contributed by atoms with van der Waals surface area (Å²) in [5.74, 6) is 0.865. The van der Waals surface area contributed by atoms with Crippen LogP contribution < -0.4 is 10.3 Å². The van der Waals surface area contributed by atoms with Gasteiger partial charge in [-0.05, 0) is 51.8 Å². The van der Waals surface area contributed by atoms with Crippen molar-refractivity contribution >= 4 is 43.5 Å². The lowest BCUT2D eigenvalue weighted by molar-refractivity contribution is -0.133. The minimum atomic E-state index is -0.213. The third-order valence-corrected chi connectivity index (χ3v) is 5.73. The summed E-state index contributed by atoms with van der Waals surface area (Å²) in [5, 5.41) is 2.64. The molecule has 0 saturated heterocycles. The maximum Gasteiger partial charge on any atom is 0.260 e. The van der Waals surface area contributed by atoms with Crippen molar-refractivity contribution in [3.05, 3.63) is 81.3 Å². The van der Waals surface area contributed by atoms with E-state index in [-0.39, 0.29) is 24.6 Å². The van der Waals surface area contributed by atoms with Crippen LogP contribution >= 0.6 is 15.9 Å². The molecule has 3 aromatic carbocycles. The molecule has 0 aliphatic rings. The number of aromatic nitrogens is 2. The molecule has 0 unspecified atom stereocenters. The summed E-state index contributed by atoms with van der Waals surface area (Å²) in [6.07, 6.45) is 0. The number of fused-ring (bicyclic) bond motifs is 2. The normalized spacial score (nSPS) is 11.0. The monoisotopic (exact) mass is 465 g/mol. The molecule has 0 radical (unpaired) electrons. The van der Waals surface area contributed by atoms with Crippen LogP contribution in [-0.4, -0.2) is 33.9 Å². The number of halogens is 1. The number of hydrogen-bond donors (Lipinski definition) is 1. The van der Waals surface area contributed by atoms with E-state index in [1.54, 1.807) is 23.1 Å². The van der Waals surface area contributed by atoms with E-state index in [2.05, 4.69) is 25.9 Å². The van der Waals surface area contributed by atoms with Crippen LogP contribution in [0.1, 0.15) is 12.7 Å². The van der Waals surface area contributed by atoms with Gasteiger partial charge in [-0.15, -0.1) is 0 Å². The Morgan fingerprint density at radius 1 is 1.07 bits per heavy atom. The van der Waals surface area contributed by atoms with E-state index in [0.29, 0.717) is 29.0 Å². The molecule has 30 heavy (non-hydrogen) atoms. The van der Waals surface area contributed by atoms with Crippen molar-refractivity contribution in [2.75, 3.05) is 13.2 Å². The van der Waals surface area contributed by atoms with Gasteiger partial charge in [-0.25, -0.2) is 4.98 Å². The number of carbonyl (C=O) groups excluding carboxylic acids is 1. The van der Waals surface area contributed by atoms with Crippen LogP contribution in [0.3, 0.4) is 0 Å². The molecular formula is C23H20BrN3O3. The average Bonchev–Trinajstić information content (AvgIpc) is 2.77. The number of nitrogens with one attached hydrogen (secondary N) is 1. The first-order valence-electron chi connectivity index (χ1n) is 9.62. The van der Waals surface area contributed by atoms with Gasteiger partial charge in [-0.1, -0.05) is 42.5 Å². The number of amides is 1. The molecule has 6 nitrogen and oxygen atoms in total. The minimum Gasteiger partial charge on any atom is -0.483 e. The van der Waals surface area contributed by atoms with Gasteiger partial charge in [0, 0.05) is 6.54 Å². The Balaban J connectivity index is 1.48. The summed E-state index contributed by atoms with van der Waals surface area (Å²) in [6, 6.07) is 18.9. The van der Waals surface area contributed by atoms with E-state index < -0.39 is 0 Å². The molecule has 1 N–H and O–H groups in total. The molecule has 1 amide bonds. The maximum atomic E-state index is 12.7. The van der Waals surface area contributed by atoms with Gasteiger partial charge in [0.15, 0.2) is 6.61 Å². The van der Waals surface area contributed by atoms with Crippen molar-refractivity contribution in [3.63, 3.8) is 0 Å². The largest absolute Gasteiger partial charge is 0.483 e. The second-order valence-corrected chi connectivity index (χ2v) is 7.62. The Morgan fingerprint density at radius 3 is 2.60 bits per heavy atom. The highest BCUT2D eigenvalue weighted by atomic mass is 79.9. The van der Waals surface area contributed by atoms with Crippen molar-refractivity contribution in [2.24, 2.45) is 0 Å². The maximum absolute atomic E-state index is 12.7. The summed E-state index contributed by atoms with van der Waals surface area (Å²) < 4.78 is 6.61. The molecule has 1 heterocycles. The average molecular weight is 466 g/mol. The Morgan fingerprint density at radius 2 is 1.80 bits per heavy atom. The summed E-state index contributed by atoms with van der Waals surface area (Å²) in [6.45, 7) is 2.45. The Kier molecular flexibility index (Phi) is 5.81. The number of likely N-dealkylation sites (N-methyl/N-ethyl adjacent to an activating group) is 1. The first-order chi connectivity index (χ1) is 14.6. The van der Waals surface area contributed by atoms with Crippen LogP contribution in [0.15, 0.2) is 69.9 Å². The number of nitrogens with zero attached hydrogens (tertiary/aromatic N) is 2. The molecule has 0 aliphatic carbocycles. The Bertz CT molecular complexity index is 1290. The van der Waals surface area contributed by atoms with Crippen molar-refractivity contribution in [1.29, 1.82) is 0 Å². The Labute approximate surface area is 181 Å². The SMILES string of the molecule is CCN(Cc1nc2ccccc2c(=O)[nH]1)C(=O)COc1ccc2ccccc2c1Br. The second-order valence-electron chi connectivity index (χ2n) is 6.83. The smallest absolute Gasteiger partial charge is 0.260 e. The van der Waals surface area contributed by atoms with Crippen LogP contribution in [0.2, 0.25) is 0 Å². The quantitative estimate of drug-likeness (QED) is 0.461. The van der Waals surface area contributed by atoms with Gasteiger partial charge in [-0.3, -0.25) is 9.59 Å². The zero-order chi connectivity index (χ0) is 21.1. The fraction of sp³-hybridized carbons (Fsp3) is 0.174. The second kappa shape index (κ2) is 8.67. The topological polar surface area (TPSA) is 75.3 Å². The number of H-pyrrole nitrogens is 1. The lowest BCUT2D eigenvalue weighted by Gasteiger charge is -2.21. The lowest BCUT2D eigenvalue weighted by atomic mass is 10.1.